The summed E-state index contributed by atoms with van der Waals surface area (Å²) in [6, 6.07) is 0. The fourth-order valence-corrected chi connectivity index (χ4v) is 1.99. The molecule has 0 radical (unpaired) electrons. The summed E-state index contributed by atoms with van der Waals surface area (Å²) in [6.07, 6.45) is 2.46. The quantitative estimate of drug-likeness (QED) is 0.642. The van der Waals surface area contributed by atoms with Gasteiger partial charge >= 0.3 is 0 Å². The lowest BCUT2D eigenvalue weighted by Gasteiger charge is -2.10. The van der Waals surface area contributed by atoms with E-state index in [4.69, 9.17) is 11.6 Å². The lowest BCUT2D eigenvalue weighted by atomic mass is 10.3. The Morgan fingerprint density at radius 3 is 2.81 bits per heavy atom. The van der Waals surface area contributed by atoms with E-state index in [9.17, 15) is 4.79 Å². The first-order valence-electron chi connectivity index (χ1n) is 5.09. The Kier molecular flexibility index (Phi) is 3.35. The molecule has 6 heteroatoms. The van der Waals surface area contributed by atoms with E-state index in [1.54, 1.807) is 6.92 Å². The number of nitrogens with one attached hydrogen (secondary N) is 1. The van der Waals surface area contributed by atoms with Gasteiger partial charge in [0.05, 0.1) is 0 Å². The molecule has 4 nitrogen and oxygen atoms in total. The summed E-state index contributed by atoms with van der Waals surface area (Å²) < 4.78 is 0. The molecule has 0 bridgehead atoms. The summed E-state index contributed by atoms with van der Waals surface area (Å²) >= 11 is 9.68. The average Bonchev–Trinajstić information content (AvgIpc) is 2.95. The highest BCUT2D eigenvalue weighted by atomic mass is 35.5. The Labute approximate surface area is 104 Å². The highest BCUT2D eigenvalue weighted by molar-refractivity contribution is 7.97. The van der Waals surface area contributed by atoms with Gasteiger partial charge in [-0.2, -0.15) is 0 Å². The molecule has 1 aromatic rings. The molecule has 0 aliphatic heterocycles. The van der Waals surface area contributed by atoms with Crippen LogP contribution in [-0.4, -0.2) is 21.6 Å². The largest absolute Gasteiger partial charge is 0.369 e. The fourth-order valence-electron chi connectivity index (χ4n) is 1.42. The number of halogens is 1. The molecule has 0 saturated heterocycles. The highest BCUT2D eigenvalue weighted by Crippen LogP contribution is 2.30. The van der Waals surface area contributed by atoms with Crippen molar-refractivity contribution >= 4 is 35.2 Å². The topological polar surface area (TPSA) is 54.9 Å². The number of hydrogen-bond donors (Lipinski definition) is 2. The Morgan fingerprint density at radius 1 is 1.56 bits per heavy atom. The van der Waals surface area contributed by atoms with Gasteiger partial charge < -0.3 is 5.32 Å². The van der Waals surface area contributed by atoms with Crippen LogP contribution in [0.1, 0.15) is 29.0 Å². The van der Waals surface area contributed by atoms with Gasteiger partial charge in [-0.3, -0.25) is 4.79 Å². The first kappa shape index (κ1) is 11.7. The van der Waals surface area contributed by atoms with Crippen molar-refractivity contribution in [1.29, 1.82) is 0 Å². The third-order valence-corrected chi connectivity index (χ3v) is 2.94. The van der Waals surface area contributed by atoms with Crippen molar-refractivity contribution in [2.45, 2.75) is 19.8 Å². The van der Waals surface area contributed by atoms with Crippen LogP contribution in [0.5, 0.6) is 0 Å². The zero-order chi connectivity index (χ0) is 11.7. The summed E-state index contributed by atoms with van der Waals surface area (Å²) in [5, 5.41) is 2.88. The molecule has 1 fully saturated rings. The molecule has 1 N–H and O–H groups in total. The van der Waals surface area contributed by atoms with E-state index in [0.29, 0.717) is 17.6 Å². The van der Waals surface area contributed by atoms with Crippen molar-refractivity contribution in [3.8, 4) is 0 Å². The second-order valence-electron chi connectivity index (χ2n) is 3.91. The predicted molar refractivity (Wildman–Crippen MR) is 66.3 cm³/mol. The van der Waals surface area contributed by atoms with Gasteiger partial charge in [0, 0.05) is 6.54 Å². The van der Waals surface area contributed by atoms with E-state index in [1.807, 2.05) is 0 Å². The number of rotatable bonds is 4. The lowest BCUT2D eigenvalue weighted by Crippen LogP contribution is -2.11. The molecule has 2 rings (SSSR count). The van der Waals surface area contributed by atoms with Gasteiger partial charge in [0.15, 0.2) is 0 Å². The van der Waals surface area contributed by atoms with Crippen molar-refractivity contribution in [2.24, 2.45) is 5.92 Å². The minimum atomic E-state index is -0.414. The molecular weight excluding hydrogens is 246 g/mol. The van der Waals surface area contributed by atoms with Crippen LogP contribution in [0.25, 0.3) is 0 Å². The maximum absolute atomic E-state index is 11.3. The minimum Gasteiger partial charge on any atom is -0.369 e. The van der Waals surface area contributed by atoms with Crippen molar-refractivity contribution in [3.63, 3.8) is 0 Å². The highest BCUT2D eigenvalue weighted by Gasteiger charge is 2.23. The van der Waals surface area contributed by atoms with Gasteiger partial charge in [0.1, 0.15) is 22.4 Å². The molecule has 16 heavy (non-hydrogen) atoms. The van der Waals surface area contributed by atoms with Crippen LogP contribution in [-0.2, 0) is 0 Å². The van der Waals surface area contributed by atoms with Gasteiger partial charge in [-0.1, -0.05) is 11.6 Å². The molecule has 86 valence electrons. The standard InChI is InChI=1S/C10H12ClN3OS/c1-5-13-8(11)7(10(15)16)9(14-5)12-4-6-2-3-6/h6H,2-4H2,1H3,(H,15,16)(H,12,13,14). The number of thiol groups is 1. The molecule has 0 amide bonds. The van der Waals surface area contributed by atoms with Gasteiger partial charge in [0.25, 0.3) is 0 Å². The smallest absolute Gasteiger partial charge is 0.223 e. The number of aromatic nitrogens is 2. The summed E-state index contributed by atoms with van der Waals surface area (Å²) in [5.74, 6) is 1.72. The Hall–Kier alpha value is -0.810. The zero-order valence-corrected chi connectivity index (χ0v) is 10.5. The van der Waals surface area contributed by atoms with Crippen LogP contribution in [0.2, 0.25) is 5.15 Å². The lowest BCUT2D eigenvalue weighted by molar-refractivity contribution is 0.109. The fraction of sp³-hybridized carbons (Fsp3) is 0.500. The van der Waals surface area contributed by atoms with Gasteiger partial charge in [-0.25, -0.2) is 9.97 Å². The summed E-state index contributed by atoms with van der Waals surface area (Å²) in [6.45, 7) is 2.56. The van der Waals surface area contributed by atoms with Gasteiger partial charge in [0.2, 0.25) is 5.12 Å². The van der Waals surface area contributed by atoms with Crippen molar-refractivity contribution in [1.82, 2.24) is 9.97 Å². The molecule has 0 spiro atoms. The first-order chi connectivity index (χ1) is 7.58. The number of carbonyl (C=O) groups is 1. The van der Waals surface area contributed by atoms with Gasteiger partial charge in [-0.15, -0.1) is 12.6 Å². The maximum atomic E-state index is 11.3. The van der Waals surface area contributed by atoms with E-state index >= 15 is 0 Å². The van der Waals surface area contributed by atoms with Crippen molar-refractivity contribution < 1.29 is 4.79 Å². The SMILES string of the molecule is Cc1nc(Cl)c(C(=O)S)c(NCC2CC2)n1. The van der Waals surface area contributed by atoms with Crippen LogP contribution in [0.3, 0.4) is 0 Å². The minimum absolute atomic E-state index is 0.158. The summed E-state index contributed by atoms with van der Waals surface area (Å²) in [7, 11) is 0. The molecular formula is C10H12ClN3OS. The number of nitrogens with zero attached hydrogens (tertiary/aromatic N) is 2. The van der Waals surface area contributed by atoms with E-state index in [-0.39, 0.29) is 10.7 Å². The van der Waals surface area contributed by atoms with Crippen LogP contribution < -0.4 is 5.32 Å². The normalized spacial score (nSPS) is 14.9. The summed E-state index contributed by atoms with van der Waals surface area (Å²) in [5.41, 5.74) is 0.260. The van der Waals surface area contributed by atoms with E-state index in [1.165, 1.54) is 12.8 Å². The van der Waals surface area contributed by atoms with Crippen LogP contribution in [0.4, 0.5) is 5.82 Å². The predicted octanol–water partition coefficient (Wildman–Crippen LogP) is 2.33. The number of hydrogen-bond acceptors (Lipinski definition) is 4. The Bertz CT molecular complexity index is 434. The number of aryl methyl sites for hydroxylation is 1. The van der Waals surface area contributed by atoms with Crippen LogP contribution >= 0.6 is 24.2 Å². The summed E-state index contributed by atoms with van der Waals surface area (Å²) in [4.78, 5) is 19.4. The maximum Gasteiger partial charge on any atom is 0.223 e. The molecule has 1 aliphatic rings. The third-order valence-electron chi connectivity index (χ3n) is 2.45. The van der Waals surface area contributed by atoms with Gasteiger partial charge in [-0.05, 0) is 25.7 Å². The molecule has 1 aliphatic carbocycles. The third kappa shape index (κ3) is 2.65. The van der Waals surface area contributed by atoms with Crippen LogP contribution in [0, 0.1) is 12.8 Å². The van der Waals surface area contributed by atoms with E-state index in [0.717, 1.165) is 6.54 Å². The molecule has 0 aromatic carbocycles. The number of anilines is 1. The molecule has 1 heterocycles. The van der Waals surface area contributed by atoms with E-state index < -0.39 is 5.12 Å². The van der Waals surface area contributed by atoms with Crippen molar-refractivity contribution in [2.75, 3.05) is 11.9 Å². The van der Waals surface area contributed by atoms with Crippen molar-refractivity contribution in [3.05, 3.63) is 16.5 Å². The second kappa shape index (κ2) is 4.59. The molecule has 1 saturated carbocycles. The second-order valence-corrected chi connectivity index (χ2v) is 4.68. The average molecular weight is 258 g/mol. The number of carbonyl (C=O) groups excluding carboxylic acids is 1. The molecule has 1 aromatic heterocycles. The van der Waals surface area contributed by atoms with E-state index in [2.05, 4.69) is 27.9 Å². The molecule has 0 unspecified atom stereocenters. The monoisotopic (exact) mass is 257 g/mol. The Morgan fingerprint density at radius 2 is 2.25 bits per heavy atom. The first-order valence-corrected chi connectivity index (χ1v) is 5.91. The molecule has 0 atom stereocenters. The Balaban J connectivity index is 2.27. The zero-order valence-electron chi connectivity index (χ0n) is 8.83. The van der Waals surface area contributed by atoms with Crippen LogP contribution in [0.15, 0.2) is 0 Å².